The Morgan fingerprint density at radius 1 is 1.33 bits per heavy atom. The zero-order chi connectivity index (χ0) is 15.2. The fourth-order valence-corrected chi connectivity index (χ4v) is 4.02. The third kappa shape index (κ3) is 2.28. The van der Waals surface area contributed by atoms with Crippen LogP contribution in [0.4, 0.5) is 0 Å². The summed E-state index contributed by atoms with van der Waals surface area (Å²) in [5.41, 5.74) is 3.47. The Balaban J connectivity index is 2.24. The molecule has 2 aromatic heterocycles. The second-order valence-electron chi connectivity index (χ2n) is 6.86. The van der Waals surface area contributed by atoms with Crippen molar-refractivity contribution >= 4 is 22.8 Å². The maximum absolute atomic E-state index is 6.21. The van der Waals surface area contributed by atoms with Gasteiger partial charge in [0.25, 0.3) is 0 Å². The first-order chi connectivity index (χ1) is 9.99. The Labute approximate surface area is 131 Å². The molecule has 0 spiro atoms. The number of aromatic nitrogens is 4. The smallest absolute Gasteiger partial charge is 0.159 e. The molecule has 0 N–H and O–H groups in total. The molecule has 4 nitrogen and oxygen atoms in total. The molecule has 0 aromatic carbocycles. The van der Waals surface area contributed by atoms with Gasteiger partial charge in [-0.15, -0.1) is 11.6 Å². The topological polar surface area (TPSA) is 35.6 Å². The molecule has 116 valence electrons. The summed E-state index contributed by atoms with van der Waals surface area (Å²) in [7, 11) is 0. The molecule has 0 amide bonds. The fraction of sp³-hybridized carbons (Fsp3) is 0.750. The van der Waals surface area contributed by atoms with Gasteiger partial charge in [-0.2, -0.15) is 5.10 Å². The van der Waals surface area contributed by atoms with Crippen LogP contribution >= 0.6 is 11.6 Å². The highest BCUT2D eigenvalue weighted by Crippen LogP contribution is 2.45. The lowest BCUT2D eigenvalue weighted by Gasteiger charge is -2.40. The Hall–Kier alpha value is -1.03. The molecule has 1 aliphatic carbocycles. The second-order valence-corrected chi connectivity index (χ2v) is 7.12. The van der Waals surface area contributed by atoms with Crippen molar-refractivity contribution in [2.45, 2.75) is 71.8 Å². The van der Waals surface area contributed by atoms with E-state index in [1.807, 2.05) is 6.92 Å². The van der Waals surface area contributed by atoms with Crippen LogP contribution in [0.1, 0.15) is 64.0 Å². The highest BCUT2D eigenvalue weighted by atomic mass is 35.5. The van der Waals surface area contributed by atoms with Crippen LogP contribution in [0.3, 0.4) is 0 Å². The van der Waals surface area contributed by atoms with Crippen LogP contribution in [-0.4, -0.2) is 19.3 Å². The summed E-state index contributed by atoms with van der Waals surface area (Å²) in [6.07, 6.45) is 5.08. The number of hydrogen-bond donors (Lipinski definition) is 0. The van der Waals surface area contributed by atoms with Crippen molar-refractivity contribution < 1.29 is 0 Å². The van der Waals surface area contributed by atoms with Crippen molar-refractivity contribution in [1.29, 1.82) is 0 Å². The molecule has 1 fully saturated rings. The van der Waals surface area contributed by atoms with Crippen LogP contribution in [0.2, 0.25) is 0 Å². The van der Waals surface area contributed by atoms with Gasteiger partial charge in [-0.25, -0.2) is 9.67 Å². The Bertz CT molecular complexity index is 653. The molecule has 0 aliphatic heterocycles. The Morgan fingerprint density at radius 3 is 2.71 bits per heavy atom. The first kappa shape index (κ1) is 14.9. The molecule has 0 bridgehead atoms. The molecule has 1 aliphatic rings. The molecule has 0 radical (unpaired) electrons. The predicted octanol–water partition coefficient (Wildman–Crippen LogP) is 4.44. The van der Waals surface area contributed by atoms with Gasteiger partial charge >= 0.3 is 0 Å². The summed E-state index contributed by atoms with van der Waals surface area (Å²) in [6.45, 7) is 9.79. The summed E-state index contributed by atoms with van der Waals surface area (Å²) in [6, 6.07) is 0.464. The minimum Gasteiger partial charge on any atom is -0.308 e. The largest absolute Gasteiger partial charge is 0.308 e. The Morgan fingerprint density at radius 2 is 2.10 bits per heavy atom. The molecule has 21 heavy (non-hydrogen) atoms. The molecular weight excluding hydrogens is 284 g/mol. The quantitative estimate of drug-likeness (QED) is 0.786. The molecule has 2 heterocycles. The van der Waals surface area contributed by atoms with E-state index < -0.39 is 0 Å². The number of aryl methyl sites for hydroxylation is 2. The number of halogens is 1. The number of alkyl halides is 1. The third-order valence-electron chi connectivity index (χ3n) is 5.00. The predicted molar refractivity (Wildman–Crippen MR) is 86.8 cm³/mol. The summed E-state index contributed by atoms with van der Waals surface area (Å²) in [4.78, 5) is 4.79. The monoisotopic (exact) mass is 308 g/mol. The van der Waals surface area contributed by atoms with E-state index >= 15 is 0 Å². The van der Waals surface area contributed by atoms with Crippen molar-refractivity contribution in [3.05, 3.63) is 11.5 Å². The normalized spacial score (nSPS) is 22.0. The summed E-state index contributed by atoms with van der Waals surface area (Å²) >= 11 is 6.21. The number of hydrogen-bond acceptors (Lipinski definition) is 2. The van der Waals surface area contributed by atoms with Gasteiger partial charge in [0.1, 0.15) is 11.3 Å². The average Bonchev–Trinajstić information content (AvgIpc) is 2.96. The molecule has 5 heteroatoms. The molecule has 3 rings (SSSR count). The van der Waals surface area contributed by atoms with Crippen molar-refractivity contribution in [2.75, 3.05) is 0 Å². The van der Waals surface area contributed by atoms with Crippen LogP contribution in [-0.2, 0) is 12.4 Å². The Kier molecular flexibility index (Phi) is 3.76. The van der Waals surface area contributed by atoms with E-state index in [2.05, 4.69) is 35.1 Å². The fourth-order valence-electron chi connectivity index (χ4n) is 3.83. The first-order valence-corrected chi connectivity index (χ1v) is 8.53. The van der Waals surface area contributed by atoms with E-state index in [1.54, 1.807) is 0 Å². The van der Waals surface area contributed by atoms with Gasteiger partial charge in [-0.3, -0.25) is 0 Å². The zero-order valence-electron chi connectivity index (χ0n) is 13.5. The van der Waals surface area contributed by atoms with E-state index in [0.717, 1.165) is 29.2 Å². The van der Waals surface area contributed by atoms with E-state index in [9.17, 15) is 0 Å². The minimum absolute atomic E-state index is 0.281. The third-order valence-corrected chi connectivity index (χ3v) is 5.24. The minimum atomic E-state index is 0.281. The van der Waals surface area contributed by atoms with Crippen LogP contribution in [0.5, 0.6) is 0 Å². The van der Waals surface area contributed by atoms with Gasteiger partial charge in [-0.1, -0.05) is 26.7 Å². The standard InChI is InChI=1S/C16H25ClN4/c1-5-20-15-14(11(2)19-20)18-13(10-17)21(15)12-8-6-7-9-16(12,3)4/h12H,5-10H2,1-4H3. The number of rotatable bonds is 3. The van der Waals surface area contributed by atoms with Gasteiger partial charge in [-0.05, 0) is 32.1 Å². The van der Waals surface area contributed by atoms with E-state index in [-0.39, 0.29) is 5.41 Å². The van der Waals surface area contributed by atoms with Crippen LogP contribution in [0.15, 0.2) is 0 Å². The van der Waals surface area contributed by atoms with Crippen LogP contribution in [0.25, 0.3) is 11.2 Å². The number of fused-ring (bicyclic) bond motifs is 1. The summed E-state index contributed by atoms with van der Waals surface area (Å²) < 4.78 is 4.48. The summed E-state index contributed by atoms with van der Waals surface area (Å²) in [5.74, 6) is 1.46. The van der Waals surface area contributed by atoms with Crippen LogP contribution < -0.4 is 0 Å². The van der Waals surface area contributed by atoms with E-state index in [4.69, 9.17) is 16.6 Å². The number of nitrogens with zero attached hydrogens (tertiary/aromatic N) is 4. The molecular formula is C16H25ClN4. The van der Waals surface area contributed by atoms with Crippen molar-refractivity contribution in [3.63, 3.8) is 0 Å². The maximum Gasteiger partial charge on any atom is 0.159 e. The van der Waals surface area contributed by atoms with Crippen molar-refractivity contribution in [1.82, 2.24) is 19.3 Å². The average molecular weight is 309 g/mol. The molecule has 2 aromatic rings. The summed E-state index contributed by atoms with van der Waals surface area (Å²) in [5, 5.41) is 4.64. The maximum atomic E-state index is 6.21. The van der Waals surface area contributed by atoms with Gasteiger partial charge in [0.05, 0.1) is 11.6 Å². The van der Waals surface area contributed by atoms with Crippen molar-refractivity contribution in [2.24, 2.45) is 5.41 Å². The van der Waals surface area contributed by atoms with Gasteiger partial charge < -0.3 is 4.57 Å². The second kappa shape index (κ2) is 5.31. The van der Waals surface area contributed by atoms with E-state index in [1.165, 1.54) is 25.7 Å². The number of imidazole rings is 1. The highest BCUT2D eigenvalue weighted by molar-refractivity contribution is 6.16. The van der Waals surface area contributed by atoms with Crippen molar-refractivity contribution in [3.8, 4) is 0 Å². The lowest BCUT2D eigenvalue weighted by molar-refractivity contribution is 0.144. The van der Waals surface area contributed by atoms with Gasteiger partial charge in [0.15, 0.2) is 5.65 Å². The zero-order valence-corrected chi connectivity index (χ0v) is 14.2. The SMILES string of the molecule is CCn1nc(C)c2nc(CCl)n(C3CCCCC3(C)C)c21. The molecule has 0 saturated heterocycles. The van der Waals surface area contributed by atoms with E-state index in [0.29, 0.717) is 11.9 Å². The highest BCUT2D eigenvalue weighted by Gasteiger charge is 2.36. The lowest BCUT2D eigenvalue weighted by Crippen LogP contribution is -2.32. The molecule has 1 unspecified atom stereocenters. The molecule has 1 saturated carbocycles. The van der Waals surface area contributed by atoms with Gasteiger partial charge in [0, 0.05) is 12.6 Å². The molecule has 1 atom stereocenters. The van der Waals surface area contributed by atoms with Crippen LogP contribution in [0, 0.1) is 12.3 Å². The van der Waals surface area contributed by atoms with Gasteiger partial charge in [0.2, 0.25) is 0 Å². The first-order valence-electron chi connectivity index (χ1n) is 7.99. The lowest BCUT2D eigenvalue weighted by atomic mass is 9.73.